The second kappa shape index (κ2) is 8.02. The van der Waals surface area contributed by atoms with E-state index < -0.39 is 0 Å². The zero-order valence-corrected chi connectivity index (χ0v) is 16.1. The molecule has 1 aromatic carbocycles. The Kier molecular flexibility index (Phi) is 5.28. The van der Waals surface area contributed by atoms with Crippen molar-refractivity contribution in [3.8, 4) is 11.5 Å². The van der Waals surface area contributed by atoms with Crippen molar-refractivity contribution in [3.05, 3.63) is 29.5 Å². The van der Waals surface area contributed by atoms with Gasteiger partial charge in [0.25, 0.3) is 5.91 Å². The molecule has 0 unspecified atom stereocenters. The van der Waals surface area contributed by atoms with Crippen molar-refractivity contribution in [2.24, 2.45) is 16.1 Å². The van der Waals surface area contributed by atoms with Crippen LogP contribution in [0.1, 0.15) is 36.5 Å². The summed E-state index contributed by atoms with van der Waals surface area (Å²) >= 11 is 0. The number of ether oxygens (including phenoxy) is 2. The highest BCUT2D eigenvalue weighted by Crippen LogP contribution is 2.37. The fourth-order valence-corrected chi connectivity index (χ4v) is 3.73. The van der Waals surface area contributed by atoms with Crippen molar-refractivity contribution in [1.82, 2.24) is 4.90 Å². The molecule has 4 rings (SSSR count). The van der Waals surface area contributed by atoms with Crippen LogP contribution in [0.5, 0.6) is 11.5 Å². The summed E-state index contributed by atoms with van der Waals surface area (Å²) in [4.78, 5) is 38.7. The number of Topliss-reactive ketones (excluding diaryl/α,β-unsaturated/α-hetero) is 1. The van der Waals surface area contributed by atoms with Crippen LogP contribution in [0, 0.1) is 5.92 Å². The van der Waals surface area contributed by atoms with Crippen molar-refractivity contribution in [2.75, 3.05) is 31.7 Å². The number of likely N-dealkylation sites (tertiary alicyclic amines) is 1. The lowest BCUT2D eigenvalue weighted by Gasteiger charge is -2.32. The van der Waals surface area contributed by atoms with E-state index in [0.29, 0.717) is 54.4 Å². The highest BCUT2D eigenvalue weighted by atomic mass is 16.7. The molecule has 0 bridgehead atoms. The van der Waals surface area contributed by atoms with E-state index in [4.69, 9.17) is 9.47 Å². The van der Waals surface area contributed by atoms with Gasteiger partial charge in [0.2, 0.25) is 12.7 Å². The minimum Gasteiger partial charge on any atom is -0.454 e. The Bertz CT molecular complexity index is 916. The molecular formula is C20H22N4O5. The lowest BCUT2D eigenvalue weighted by molar-refractivity contribution is -0.128. The molecule has 0 radical (unpaired) electrons. The molecule has 29 heavy (non-hydrogen) atoms. The number of benzene rings is 1. The van der Waals surface area contributed by atoms with Gasteiger partial charge in [0.05, 0.1) is 24.0 Å². The van der Waals surface area contributed by atoms with Crippen LogP contribution in [-0.2, 0) is 9.59 Å². The van der Waals surface area contributed by atoms with E-state index >= 15 is 0 Å². The number of hydrogen-bond donors (Lipinski definition) is 1. The summed E-state index contributed by atoms with van der Waals surface area (Å²) in [6.45, 7) is 3.10. The molecule has 9 heteroatoms. The number of nitrogens with one attached hydrogen (secondary N) is 1. The van der Waals surface area contributed by atoms with Gasteiger partial charge in [0.15, 0.2) is 17.3 Å². The Morgan fingerprint density at radius 3 is 2.55 bits per heavy atom. The summed E-state index contributed by atoms with van der Waals surface area (Å²) in [5.41, 5.74) is 1.43. The van der Waals surface area contributed by atoms with Crippen LogP contribution in [0.25, 0.3) is 0 Å². The Balaban J connectivity index is 1.33. The van der Waals surface area contributed by atoms with Crippen LogP contribution in [0.2, 0.25) is 0 Å². The van der Waals surface area contributed by atoms with E-state index in [1.54, 1.807) is 17.0 Å². The number of carbonyl (C=O) groups excluding carboxylic acids is 3. The van der Waals surface area contributed by atoms with Gasteiger partial charge in [-0.15, -0.1) is 0 Å². The first kappa shape index (κ1) is 19.1. The van der Waals surface area contributed by atoms with Gasteiger partial charge in [-0.3, -0.25) is 14.4 Å². The average Bonchev–Trinajstić information content (AvgIpc) is 3.39. The molecule has 3 aliphatic rings. The molecule has 0 atom stereocenters. The number of rotatable bonds is 5. The summed E-state index contributed by atoms with van der Waals surface area (Å²) in [7, 11) is 0. The number of piperidine rings is 1. The number of anilines is 1. The molecule has 152 valence electrons. The third-order valence-electron chi connectivity index (χ3n) is 5.35. The highest BCUT2D eigenvalue weighted by molar-refractivity contribution is 6.04. The highest BCUT2D eigenvalue weighted by Gasteiger charge is 2.27. The molecule has 0 aromatic heterocycles. The van der Waals surface area contributed by atoms with Gasteiger partial charge in [0.1, 0.15) is 0 Å². The summed E-state index contributed by atoms with van der Waals surface area (Å²) < 4.78 is 10.6. The first-order valence-electron chi connectivity index (χ1n) is 9.60. The fraction of sp³-hybridized carbons (Fsp3) is 0.450. The van der Waals surface area contributed by atoms with Gasteiger partial charge >= 0.3 is 0 Å². The number of carbonyl (C=O) groups is 3. The molecular weight excluding hydrogens is 376 g/mol. The van der Waals surface area contributed by atoms with Crippen LogP contribution in [0.3, 0.4) is 0 Å². The molecule has 1 aromatic rings. The molecule has 1 N–H and O–H groups in total. The second-order valence-electron chi connectivity index (χ2n) is 7.36. The van der Waals surface area contributed by atoms with Crippen LogP contribution < -0.4 is 14.8 Å². The first-order chi connectivity index (χ1) is 14.0. The number of fused-ring (bicyclic) bond motifs is 1. The third-order valence-corrected chi connectivity index (χ3v) is 5.35. The first-order valence-corrected chi connectivity index (χ1v) is 9.60. The molecule has 0 saturated carbocycles. The van der Waals surface area contributed by atoms with E-state index in [2.05, 4.69) is 15.5 Å². The maximum Gasteiger partial charge on any atom is 0.253 e. The van der Waals surface area contributed by atoms with Gasteiger partial charge in [-0.1, -0.05) is 0 Å². The molecule has 1 fully saturated rings. The number of azo groups is 1. The van der Waals surface area contributed by atoms with Crippen molar-refractivity contribution in [3.63, 3.8) is 0 Å². The Labute approximate surface area is 167 Å². The zero-order chi connectivity index (χ0) is 20.4. The monoisotopic (exact) mass is 398 g/mol. The van der Waals surface area contributed by atoms with Crippen molar-refractivity contribution < 1.29 is 23.9 Å². The number of nitrogens with zero attached hydrogens (tertiary/aromatic N) is 3. The van der Waals surface area contributed by atoms with Gasteiger partial charge in [-0.2, -0.15) is 10.2 Å². The summed E-state index contributed by atoms with van der Waals surface area (Å²) in [6.07, 6.45) is 3.35. The van der Waals surface area contributed by atoms with E-state index in [1.807, 2.05) is 0 Å². The summed E-state index contributed by atoms with van der Waals surface area (Å²) in [5, 5.41) is 10.4. The Hall–Kier alpha value is -3.23. The van der Waals surface area contributed by atoms with Crippen molar-refractivity contribution >= 4 is 23.3 Å². The van der Waals surface area contributed by atoms with E-state index in [-0.39, 0.29) is 30.3 Å². The quantitative estimate of drug-likeness (QED) is 0.767. The third kappa shape index (κ3) is 4.13. The topological polar surface area (TPSA) is 110 Å². The van der Waals surface area contributed by atoms with Crippen molar-refractivity contribution in [2.45, 2.75) is 26.2 Å². The fourth-order valence-electron chi connectivity index (χ4n) is 3.73. The van der Waals surface area contributed by atoms with Crippen LogP contribution in [-0.4, -0.2) is 48.9 Å². The maximum atomic E-state index is 12.6. The standard InChI is InChI=1S/C20H22N4O5/c1-12(25)15-7-17-18(29-11-28-17)8-16(15)23-19(26)6-13-2-4-24(5-3-13)20(27)14-9-21-22-10-14/h7-9,13H,2-6,10-11H2,1H3,(H,23,26). The second-order valence-corrected chi connectivity index (χ2v) is 7.36. The predicted molar refractivity (Wildman–Crippen MR) is 103 cm³/mol. The van der Waals surface area contributed by atoms with E-state index in [1.165, 1.54) is 13.1 Å². The largest absolute Gasteiger partial charge is 0.454 e. The number of amides is 2. The predicted octanol–water partition coefficient (Wildman–Crippen LogP) is 2.53. The SMILES string of the molecule is CC(=O)c1cc2c(cc1NC(=O)CC1CCN(C(=O)C3=CN=NC3)CC1)OCO2. The summed E-state index contributed by atoms with van der Waals surface area (Å²) in [5.74, 6) is 0.850. The Morgan fingerprint density at radius 2 is 1.90 bits per heavy atom. The van der Waals surface area contributed by atoms with Crippen LogP contribution >= 0.6 is 0 Å². The normalized spacial score (nSPS) is 18.0. The van der Waals surface area contributed by atoms with Crippen LogP contribution in [0.15, 0.2) is 34.1 Å². The van der Waals surface area contributed by atoms with Gasteiger partial charge < -0.3 is 19.7 Å². The minimum atomic E-state index is -0.162. The molecule has 1 saturated heterocycles. The lowest BCUT2D eigenvalue weighted by atomic mass is 9.92. The molecule has 3 aliphatic heterocycles. The number of ketones is 1. The molecule has 3 heterocycles. The molecule has 0 spiro atoms. The van der Waals surface area contributed by atoms with Gasteiger partial charge in [0, 0.05) is 31.1 Å². The van der Waals surface area contributed by atoms with Crippen molar-refractivity contribution in [1.29, 1.82) is 0 Å². The average molecular weight is 398 g/mol. The molecule has 9 nitrogen and oxygen atoms in total. The van der Waals surface area contributed by atoms with E-state index in [0.717, 1.165) is 12.8 Å². The Morgan fingerprint density at radius 1 is 1.17 bits per heavy atom. The zero-order valence-electron chi connectivity index (χ0n) is 16.1. The van der Waals surface area contributed by atoms with Crippen LogP contribution in [0.4, 0.5) is 5.69 Å². The summed E-state index contributed by atoms with van der Waals surface area (Å²) in [6, 6.07) is 3.23. The lowest BCUT2D eigenvalue weighted by Crippen LogP contribution is -2.40. The van der Waals surface area contributed by atoms with Gasteiger partial charge in [-0.25, -0.2) is 0 Å². The van der Waals surface area contributed by atoms with Gasteiger partial charge in [-0.05, 0) is 31.7 Å². The van der Waals surface area contributed by atoms with E-state index in [9.17, 15) is 14.4 Å². The smallest absolute Gasteiger partial charge is 0.253 e. The minimum absolute atomic E-state index is 0.0237. The maximum absolute atomic E-state index is 12.6. The number of hydrogen-bond acceptors (Lipinski definition) is 7. The molecule has 2 amide bonds. The molecule has 0 aliphatic carbocycles.